The smallest absolute Gasteiger partial charge is 0.306 e. The van der Waals surface area contributed by atoms with E-state index in [9.17, 15) is 9.90 Å². The molecular formula is C20H34O2. The number of hydrogen-bond donors (Lipinski definition) is 1. The first kappa shape index (κ1) is 19.1. The normalized spacial score (nSPS) is 24.1. The summed E-state index contributed by atoms with van der Waals surface area (Å²) in [7, 11) is 0. The largest absolute Gasteiger partial charge is 0.481 e. The summed E-state index contributed by atoms with van der Waals surface area (Å²) >= 11 is 0. The molecule has 1 rings (SSSR count). The highest BCUT2D eigenvalue weighted by molar-refractivity contribution is 5.69. The molecule has 126 valence electrons. The monoisotopic (exact) mass is 306 g/mol. The zero-order valence-electron chi connectivity index (χ0n) is 14.2. The van der Waals surface area contributed by atoms with Gasteiger partial charge < -0.3 is 5.11 Å². The van der Waals surface area contributed by atoms with Crippen LogP contribution in [0.5, 0.6) is 0 Å². The third-order valence-corrected chi connectivity index (χ3v) is 4.70. The fraction of sp³-hybridized carbons (Fsp3) is 0.850. The van der Waals surface area contributed by atoms with Gasteiger partial charge in [0, 0.05) is 12.8 Å². The first-order valence-corrected chi connectivity index (χ1v) is 9.49. The second kappa shape index (κ2) is 13.7. The molecule has 0 aromatic rings. The van der Waals surface area contributed by atoms with Gasteiger partial charge in [-0.2, -0.15) is 0 Å². The highest BCUT2D eigenvalue weighted by Gasteiger charge is 2.15. The maximum atomic E-state index is 11.3. The van der Waals surface area contributed by atoms with Crippen molar-refractivity contribution in [2.45, 2.75) is 103 Å². The van der Waals surface area contributed by atoms with Crippen LogP contribution >= 0.6 is 0 Å². The van der Waals surface area contributed by atoms with E-state index in [0.717, 1.165) is 32.1 Å². The van der Waals surface area contributed by atoms with Gasteiger partial charge in [-0.15, -0.1) is 11.8 Å². The van der Waals surface area contributed by atoms with Crippen LogP contribution in [0, 0.1) is 17.8 Å². The van der Waals surface area contributed by atoms with Gasteiger partial charge in [0.25, 0.3) is 0 Å². The molecule has 0 aromatic heterocycles. The van der Waals surface area contributed by atoms with E-state index in [1.165, 1.54) is 70.6 Å². The minimum atomic E-state index is -0.632. The molecule has 1 aliphatic rings. The van der Waals surface area contributed by atoms with Crippen molar-refractivity contribution in [2.24, 2.45) is 5.92 Å². The highest BCUT2D eigenvalue weighted by atomic mass is 16.4. The van der Waals surface area contributed by atoms with Crippen molar-refractivity contribution in [3.8, 4) is 11.8 Å². The molecule has 0 bridgehead atoms. The number of rotatable bonds is 1. The van der Waals surface area contributed by atoms with E-state index in [0.29, 0.717) is 0 Å². The van der Waals surface area contributed by atoms with Crippen molar-refractivity contribution in [3.05, 3.63) is 0 Å². The van der Waals surface area contributed by atoms with Crippen LogP contribution in [0.3, 0.4) is 0 Å². The van der Waals surface area contributed by atoms with E-state index >= 15 is 0 Å². The van der Waals surface area contributed by atoms with Crippen molar-refractivity contribution in [1.29, 1.82) is 0 Å². The lowest BCUT2D eigenvalue weighted by molar-refractivity contribution is -0.142. The van der Waals surface area contributed by atoms with Crippen LogP contribution in [0.2, 0.25) is 0 Å². The second-order valence-corrected chi connectivity index (χ2v) is 6.71. The molecule has 1 unspecified atom stereocenters. The third kappa shape index (κ3) is 10.7. The quantitative estimate of drug-likeness (QED) is 0.608. The van der Waals surface area contributed by atoms with E-state index in [1.54, 1.807) is 0 Å². The highest BCUT2D eigenvalue weighted by Crippen LogP contribution is 2.18. The van der Waals surface area contributed by atoms with Gasteiger partial charge in [0.05, 0.1) is 5.92 Å². The van der Waals surface area contributed by atoms with Gasteiger partial charge in [0.15, 0.2) is 0 Å². The van der Waals surface area contributed by atoms with Crippen LogP contribution < -0.4 is 0 Å². The molecular weight excluding hydrogens is 272 g/mol. The molecule has 1 N–H and O–H groups in total. The molecule has 0 aromatic carbocycles. The zero-order chi connectivity index (χ0) is 15.9. The molecule has 1 atom stereocenters. The van der Waals surface area contributed by atoms with Crippen LogP contribution in [0.25, 0.3) is 0 Å². The van der Waals surface area contributed by atoms with E-state index in [2.05, 4.69) is 11.8 Å². The van der Waals surface area contributed by atoms with Gasteiger partial charge in [0.2, 0.25) is 0 Å². The third-order valence-electron chi connectivity index (χ3n) is 4.70. The molecule has 0 spiro atoms. The first-order chi connectivity index (χ1) is 10.8. The molecule has 22 heavy (non-hydrogen) atoms. The van der Waals surface area contributed by atoms with Gasteiger partial charge in [-0.3, -0.25) is 4.79 Å². The second-order valence-electron chi connectivity index (χ2n) is 6.71. The summed E-state index contributed by atoms with van der Waals surface area (Å²) in [5.74, 6) is 5.57. The number of carboxylic acid groups (broad SMARTS) is 1. The van der Waals surface area contributed by atoms with Crippen molar-refractivity contribution in [3.63, 3.8) is 0 Å². The number of carbonyl (C=O) groups is 1. The number of aliphatic carboxylic acids is 1. The van der Waals surface area contributed by atoms with E-state index in [1.807, 2.05) is 0 Å². The van der Waals surface area contributed by atoms with Crippen molar-refractivity contribution >= 4 is 5.97 Å². The number of carboxylic acids is 1. The van der Waals surface area contributed by atoms with Crippen molar-refractivity contribution in [1.82, 2.24) is 0 Å². The van der Waals surface area contributed by atoms with Crippen LogP contribution in [-0.4, -0.2) is 11.1 Å². The van der Waals surface area contributed by atoms with Crippen LogP contribution in [0.15, 0.2) is 0 Å². The Morgan fingerprint density at radius 3 is 1.64 bits per heavy atom. The van der Waals surface area contributed by atoms with E-state index in [-0.39, 0.29) is 5.92 Å². The summed E-state index contributed by atoms with van der Waals surface area (Å²) in [4.78, 5) is 11.3. The Morgan fingerprint density at radius 2 is 1.09 bits per heavy atom. The van der Waals surface area contributed by atoms with Gasteiger partial charge in [-0.05, 0) is 19.3 Å². The SMILES string of the molecule is O=C(O)C1CCC#CCCCCCCCCCCCCCC1. The van der Waals surface area contributed by atoms with Crippen LogP contribution in [0.4, 0.5) is 0 Å². The van der Waals surface area contributed by atoms with Gasteiger partial charge in [0.1, 0.15) is 0 Å². The average molecular weight is 306 g/mol. The molecule has 2 heteroatoms. The fourth-order valence-electron chi connectivity index (χ4n) is 3.19. The summed E-state index contributed by atoms with van der Waals surface area (Å²) in [6.45, 7) is 0. The van der Waals surface area contributed by atoms with Crippen molar-refractivity contribution < 1.29 is 9.90 Å². The Bertz CT molecular complexity index is 337. The minimum Gasteiger partial charge on any atom is -0.481 e. The van der Waals surface area contributed by atoms with Gasteiger partial charge in [-0.1, -0.05) is 70.6 Å². The predicted molar refractivity (Wildman–Crippen MR) is 92.8 cm³/mol. The van der Waals surface area contributed by atoms with Crippen LogP contribution in [-0.2, 0) is 4.79 Å². The minimum absolute atomic E-state index is 0.184. The lowest BCUT2D eigenvalue weighted by Crippen LogP contribution is -2.13. The Kier molecular flexibility index (Phi) is 11.9. The molecule has 0 saturated carbocycles. The summed E-state index contributed by atoms with van der Waals surface area (Å²) < 4.78 is 0. The van der Waals surface area contributed by atoms with Gasteiger partial charge >= 0.3 is 5.97 Å². The molecule has 0 radical (unpaired) electrons. The number of hydrogen-bond acceptors (Lipinski definition) is 1. The maximum absolute atomic E-state index is 11.3. The Labute approximate surface area is 137 Å². The van der Waals surface area contributed by atoms with Gasteiger partial charge in [-0.25, -0.2) is 0 Å². The molecule has 2 nitrogen and oxygen atoms in total. The summed E-state index contributed by atoms with van der Waals surface area (Å²) in [5, 5.41) is 9.28. The lowest BCUT2D eigenvalue weighted by Gasteiger charge is -2.10. The molecule has 0 fully saturated rings. The van der Waals surface area contributed by atoms with E-state index < -0.39 is 5.97 Å². The summed E-state index contributed by atoms with van der Waals surface area (Å²) in [6.07, 6.45) is 18.9. The maximum Gasteiger partial charge on any atom is 0.306 e. The van der Waals surface area contributed by atoms with E-state index in [4.69, 9.17) is 0 Å². The molecule has 0 amide bonds. The Hall–Kier alpha value is -0.970. The first-order valence-electron chi connectivity index (χ1n) is 9.49. The standard InChI is InChI=1S/C20H34O2/c21-20(22)19-17-15-13-11-9-7-5-3-1-2-4-6-8-10-12-14-16-18-19/h19H,1-11,13,15-18H2,(H,21,22). The average Bonchev–Trinajstić information content (AvgIpc) is 2.50. The summed E-state index contributed by atoms with van der Waals surface area (Å²) in [6, 6.07) is 0. The molecule has 0 heterocycles. The van der Waals surface area contributed by atoms with Crippen LogP contribution in [0.1, 0.15) is 103 Å². The predicted octanol–water partition coefficient (Wildman–Crippen LogP) is 5.95. The zero-order valence-corrected chi connectivity index (χ0v) is 14.2. The van der Waals surface area contributed by atoms with Crippen molar-refractivity contribution in [2.75, 3.05) is 0 Å². The topological polar surface area (TPSA) is 37.3 Å². The lowest BCUT2D eigenvalue weighted by atomic mass is 9.96. The fourth-order valence-corrected chi connectivity index (χ4v) is 3.19. The molecule has 0 saturated heterocycles. The molecule has 1 aliphatic carbocycles. The Balaban J connectivity index is 2.31. The molecule has 0 aliphatic heterocycles. The summed E-state index contributed by atoms with van der Waals surface area (Å²) in [5.41, 5.74) is 0. The Morgan fingerprint density at radius 1 is 0.636 bits per heavy atom.